The summed E-state index contributed by atoms with van der Waals surface area (Å²) in [5.74, 6) is -0.618. The van der Waals surface area contributed by atoms with E-state index in [2.05, 4.69) is 12.2 Å². The summed E-state index contributed by atoms with van der Waals surface area (Å²) in [6.45, 7) is 2.46. The predicted molar refractivity (Wildman–Crippen MR) is 66.1 cm³/mol. The molecule has 0 aliphatic heterocycles. The highest BCUT2D eigenvalue weighted by molar-refractivity contribution is 5.21. The number of rotatable bonds is 6. The Bertz CT molecular complexity index is 411. The number of aliphatic hydroxyl groups excluding tert-OH is 1. The molecule has 1 saturated carbocycles. The number of hydrogen-bond acceptors (Lipinski definition) is 2. The Morgan fingerprint density at radius 3 is 2.89 bits per heavy atom. The standard InChI is InChI=1S/C14H19F2NO/c1-2-3-9-6-13(9)17-8-14(18)11-5-4-10(15)7-12(11)16/h4-5,7,9,13-14,17-18H,2-3,6,8H2,1H3. The van der Waals surface area contributed by atoms with E-state index in [0.717, 1.165) is 18.9 Å². The van der Waals surface area contributed by atoms with Crippen molar-refractivity contribution in [2.45, 2.75) is 38.3 Å². The Morgan fingerprint density at radius 2 is 2.22 bits per heavy atom. The van der Waals surface area contributed by atoms with Crippen molar-refractivity contribution in [3.8, 4) is 0 Å². The Hall–Kier alpha value is -1.00. The summed E-state index contributed by atoms with van der Waals surface area (Å²) >= 11 is 0. The molecule has 0 radical (unpaired) electrons. The molecule has 0 aromatic heterocycles. The zero-order valence-corrected chi connectivity index (χ0v) is 10.5. The van der Waals surface area contributed by atoms with Gasteiger partial charge >= 0.3 is 0 Å². The van der Waals surface area contributed by atoms with Gasteiger partial charge in [-0.2, -0.15) is 0 Å². The van der Waals surface area contributed by atoms with E-state index >= 15 is 0 Å². The fourth-order valence-electron chi connectivity index (χ4n) is 2.33. The summed E-state index contributed by atoms with van der Waals surface area (Å²) in [6.07, 6.45) is 2.57. The van der Waals surface area contributed by atoms with E-state index in [1.807, 2.05) is 0 Å². The van der Waals surface area contributed by atoms with Gasteiger partial charge in [-0.1, -0.05) is 19.4 Å². The van der Waals surface area contributed by atoms with Crippen molar-refractivity contribution in [1.29, 1.82) is 0 Å². The predicted octanol–water partition coefficient (Wildman–Crippen LogP) is 2.78. The van der Waals surface area contributed by atoms with Crippen LogP contribution in [0.15, 0.2) is 18.2 Å². The first-order valence-electron chi connectivity index (χ1n) is 6.48. The molecule has 1 fully saturated rings. The summed E-state index contributed by atoms with van der Waals surface area (Å²) in [5, 5.41) is 13.1. The summed E-state index contributed by atoms with van der Waals surface area (Å²) in [6, 6.07) is 3.71. The van der Waals surface area contributed by atoms with Gasteiger partial charge in [-0.05, 0) is 24.8 Å². The van der Waals surface area contributed by atoms with Crippen LogP contribution in [0.2, 0.25) is 0 Å². The zero-order valence-electron chi connectivity index (χ0n) is 10.5. The van der Waals surface area contributed by atoms with Crippen LogP contribution in [0.3, 0.4) is 0 Å². The average Bonchev–Trinajstić information content (AvgIpc) is 3.05. The molecule has 2 rings (SSSR count). The largest absolute Gasteiger partial charge is 0.387 e. The van der Waals surface area contributed by atoms with Crippen molar-refractivity contribution in [3.63, 3.8) is 0 Å². The monoisotopic (exact) mass is 255 g/mol. The van der Waals surface area contributed by atoms with E-state index < -0.39 is 17.7 Å². The van der Waals surface area contributed by atoms with Crippen LogP contribution in [-0.4, -0.2) is 17.7 Å². The van der Waals surface area contributed by atoms with Crippen molar-refractivity contribution in [2.75, 3.05) is 6.54 Å². The van der Waals surface area contributed by atoms with E-state index in [4.69, 9.17) is 0 Å². The van der Waals surface area contributed by atoms with Gasteiger partial charge in [0.15, 0.2) is 0 Å². The third-order valence-electron chi connectivity index (χ3n) is 3.48. The third kappa shape index (κ3) is 3.27. The van der Waals surface area contributed by atoms with E-state index in [9.17, 15) is 13.9 Å². The lowest BCUT2D eigenvalue weighted by Crippen LogP contribution is -2.25. The lowest BCUT2D eigenvalue weighted by molar-refractivity contribution is 0.168. The van der Waals surface area contributed by atoms with E-state index in [1.165, 1.54) is 18.6 Å². The molecule has 2 N–H and O–H groups in total. The minimum Gasteiger partial charge on any atom is -0.387 e. The smallest absolute Gasteiger partial charge is 0.131 e. The highest BCUT2D eigenvalue weighted by atomic mass is 19.1. The second-order valence-electron chi connectivity index (χ2n) is 4.98. The van der Waals surface area contributed by atoms with Crippen LogP contribution in [0.25, 0.3) is 0 Å². The summed E-state index contributed by atoms with van der Waals surface area (Å²) in [4.78, 5) is 0. The molecule has 18 heavy (non-hydrogen) atoms. The van der Waals surface area contributed by atoms with Gasteiger partial charge in [-0.3, -0.25) is 0 Å². The van der Waals surface area contributed by atoms with Gasteiger partial charge in [-0.25, -0.2) is 8.78 Å². The van der Waals surface area contributed by atoms with Crippen molar-refractivity contribution in [1.82, 2.24) is 5.32 Å². The molecule has 3 atom stereocenters. The summed E-state index contributed by atoms with van der Waals surface area (Å²) in [5.41, 5.74) is 0.150. The highest BCUT2D eigenvalue weighted by Gasteiger charge is 2.35. The Morgan fingerprint density at radius 1 is 1.44 bits per heavy atom. The van der Waals surface area contributed by atoms with E-state index in [-0.39, 0.29) is 5.56 Å². The van der Waals surface area contributed by atoms with Gasteiger partial charge in [0.05, 0.1) is 6.10 Å². The zero-order chi connectivity index (χ0) is 13.1. The molecule has 0 amide bonds. The Labute approximate surface area is 106 Å². The molecule has 0 spiro atoms. The van der Waals surface area contributed by atoms with Crippen LogP contribution in [0.4, 0.5) is 8.78 Å². The summed E-state index contributed by atoms with van der Waals surface area (Å²) < 4.78 is 26.1. The second kappa shape index (κ2) is 5.76. The van der Waals surface area contributed by atoms with Crippen molar-refractivity contribution in [3.05, 3.63) is 35.4 Å². The molecule has 4 heteroatoms. The summed E-state index contributed by atoms with van der Waals surface area (Å²) in [7, 11) is 0. The first-order chi connectivity index (χ1) is 8.61. The Kier molecular flexibility index (Phi) is 4.30. The molecule has 3 unspecified atom stereocenters. The fourth-order valence-corrected chi connectivity index (χ4v) is 2.33. The maximum atomic E-state index is 13.4. The highest BCUT2D eigenvalue weighted by Crippen LogP contribution is 2.34. The number of halogens is 2. The maximum Gasteiger partial charge on any atom is 0.131 e. The number of hydrogen-bond donors (Lipinski definition) is 2. The molecule has 0 heterocycles. The average molecular weight is 255 g/mol. The van der Waals surface area contributed by atoms with Gasteiger partial charge in [0.25, 0.3) is 0 Å². The lowest BCUT2D eigenvalue weighted by Gasteiger charge is -2.13. The second-order valence-corrected chi connectivity index (χ2v) is 4.98. The van der Waals surface area contributed by atoms with Crippen LogP contribution in [0.5, 0.6) is 0 Å². The van der Waals surface area contributed by atoms with Gasteiger partial charge in [-0.15, -0.1) is 0 Å². The molecule has 1 aromatic rings. The lowest BCUT2D eigenvalue weighted by atomic mass is 10.1. The van der Waals surface area contributed by atoms with Crippen LogP contribution >= 0.6 is 0 Å². The molecular weight excluding hydrogens is 236 g/mol. The Balaban J connectivity index is 1.83. The SMILES string of the molecule is CCCC1CC1NCC(O)c1ccc(F)cc1F. The molecule has 100 valence electrons. The molecule has 0 bridgehead atoms. The molecule has 0 saturated heterocycles. The first-order valence-corrected chi connectivity index (χ1v) is 6.48. The normalized spacial score (nSPS) is 24.0. The first kappa shape index (κ1) is 13.4. The van der Waals surface area contributed by atoms with Crippen LogP contribution < -0.4 is 5.32 Å². The minimum absolute atomic E-state index is 0.150. The number of nitrogens with one attached hydrogen (secondary N) is 1. The van der Waals surface area contributed by atoms with Crippen molar-refractivity contribution < 1.29 is 13.9 Å². The van der Waals surface area contributed by atoms with Crippen molar-refractivity contribution in [2.24, 2.45) is 5.92 Å². The van der Waals surface area contributed by atoms with Gasteiger partial charge in [0, 0.05) is 24.2 Å². The van der Waals surface area contributed by atoms with Crippen LogP contribution in [-0.2, 0) is 0 Å². The number of benzene rings is 1. The minimum atomic E-state index is -0.923. The van der Waals surface area contributed by atoms with E-state index in [1.54, 1.807) is 0 Å². The quantitative estimate of drug-likeness (QED) is 0.819. The topological polar surface area (TPSA) is 32.3 Å². The molecular formula is C14H19F2NO. The molecule has 2 nitrogen and oxygen atoms in total. The number of aliphatic hydroxyl groups is 1. The van der Waals surface area contributed by atoms with E-state index in [0.29, 0.717) is 18.5 Å². The van der Waals surface area contributed by atoms with Gasteiger partial charge < -0.3 is 10.4 Å². The van der Waals surface area contributed by atoms with Crippen molar-refractivity contribution >= 4 is 0 Å². The molecule has 1 aliphatic rings. The van der Waals surface area contributed by atoms with Crippen LogP contribution in [0, 0.1) is 17.6 Å². The van der Waals surface area contributed by atoms with Crippen LogP contribution in [0.1, 0.15) is 37.9 Å². The fraction of sp³-hybridized carbons (Fsp3) is 0.571. The third-order valence-corrected chi connectivity index (χ3v) is 3.48. The van der Waals surface area contributed by atoms with Gasteiger partial charge in [0.2, 0.25) is 0 Å². The molecule has 1 aromatic carbocycles. The van der Waals surface area contributed by atoms with Gasteiger partial charge in [0.1, 0.15) is 11.6 Å². The maximum absolute atomic E-state index is 13.4. The molecule has 1 aliphatic carbocycles.